The Morgan fingerprint density at radius 1 is 1.12 bits per heavy atom. The van der Waals surface area contributed by atoms with Gasteiger partial charge in [0, 0.05) is 6.42 Å². The van der Waals surface area contributed by atoms with Crippen LogP contribution in [-0.2, 0) is 9.53 Å². The molecule has 0 saturated heterocycles. The van der Waals surface area contributed by atoms with Crippen LogP contribution in [0.5, 0.6) is 0 Å². The third-order valence-electron chi connectivity index (χ3n) is 2.17. The molecule has 0 fully saturated rings. The third-order valence-corrected chi connectivity index (χ3v) is 2.17. The monoisotopic (exact) mass is 224 g/mol. The van der Waals surface area contributed by atoms with Gasteiger partial charge in [-0.2, -0.15) is 0 Å². The molecule has 2 heteroatoms. The average Bonchev–Trinajstić information content (AvgIpc) is 2.20. The number of ether oxygens (including phenoxy) is 1. The Labute approximate surface area is 99.8 Å². The van der Waals surface area contributed by atoms with Gasteiger partial charge in [-0.15, -0.1) is 0 Å². The Morgan fingerprint density at radius 3 is 2.38 bits per heavy atom. The minimum Gasteiger partial charge on any atom is -0.452 e. The van der Waals surface area contributed by atoms with E-state index in [0.29, 0.717) is 0 Å². The van der Waals surface area contributed by atoms with E-state index in [1.54, 1.807) is 0 Å². The van der Waals surface area contributed by atoms with Gasteiger partial charge in [0.2, 0.25) is 0 Å². The summed E-state index contributed by atoms with van der Waals surface area (Å²) in [5.74, 6) is 5.71. The Kier molecular flexibility index (Phi) is 7.72. The van der Waals surface area contributed by atoms with Crippen molar-refractivity contribution in [2.75, 3.05) is 6.61 Å². The van der Waals surface area contributed by atoms with Crippen molar-refractivity contribution < 1.29 is 9.53 Å². The normalized spacial score (nSPS) is 10.5. The number of rotatable bonds is 5. The average molecular weight is 224 g/mol. The highest BCUT2D eigenvalue weighted by Gasteiger charge is 2.22. The molecule has 0 bridgehead atoms. The molecule has 0 aromatic rings. The smallest absolute Gasteiger partial charge is 0.312 e. The number of hydrogen-bond donors (Lipinski definition) is 0. The summed E-state index contributed by atoms with van der Waals surface area (Å²) in [5.41, 5.74) is -0.428. The van der Waals surface area contributed by atoms with Gasteiger partial charge in [-0.25, -0.2) is 0 Å². The lowest BCUT2D eigenvalue weighted by Gasteiger charge is -2.14. The van der Waals surface area contributed by atoms with E-state index in [4.69, 9.17) is 4.74 Å². The Hall–Kier alpha value is -0.970. The summed E-state index contributed by atoms with van der Waals surface area (Å²) in [7, 11) is 0. The predicted molar refractivity (Wildman–Crippen MR) is 66.9 cm³/mol. The fourth-order valence-corrected chi connectivity index (χ4v) is 1.10. The van der Waals surface area contributed by atoms with E-state index in [1.165, 1.54) is 19.3 Å². The summed E-state index contributed by atoms with van der Waals surface area (Å²) < 4.78 is 5.02. The first-order valence-electron chi connectivity index (χ1n) is 6.11. The molecule has 0 aliphatic rings. The molecule has 0 saturated carbocycles. The van der Waals surface area contributed by atoms with Crippen molar-refractivity contribution in [1.29, 1.82) is 0 Å². The van der Waals surface area contributed by atoms with Crippen molar-refractivity contribution in [3.63, 3.8) is 0 Å². The van der Waals surface area contributed by atoms with Crippen LogP contribution in [0.25, 0.3) is 0 Å². The van der Waals surface area contributed by atoms with Gasteiger partial charge in [0.25, 0.3) is 0 Å². The van der Waals surface area contributed by atoms with E-state index in [0.717, 1.165) is 12.8 Å². The molecule has 0 unspecified atom stereocenters. The van der Waals surface area contributed by atoms with Crippen LogP contribution in [-0.4, -0.2) is 12.6 Å². The first-order valence-corrected chi connectivity index (χ1v) is 6.11. The standard InChI is InChI=1S/C14H24O2/c1-5-6-7-8-9-10-11-12-16-13(15)14(2,3)4/h5-9,12H2,1-4H3. The number of hydrogen-bond acceptors (Lipinski definition) is 2. The first-order chi connectivity index (χ1) is 7.48. The molecule has 0 aromatic heterocycles. The molecule has 16 heavy (non-hydrogen) atoms. The first kappa shape index (κ1) is 15.0. The minimum atomic E-state index is -0.428. The van der Waals surface area contributed by atoms with E-state index in [2.05, 4.69) is 18.8 Å². The van der Waals surface area contributed by atoms with Crippen LogP contribution in [0.4, 0.5) is 0 Å². The fourth-order valence-electron chi connectivity index (χ4n) is 1.10. The van der Waals surface area contributed by atoms with E-state index < -0.39 is 5.41 Å². The van der Waals surface area contributed by atoms with Crippen molar-refractivity contribution in [3.8, 4) is 11.8 Å². The summed E-state index contributed by atoms with van der Waals surface area (Å²) in [6.45, 7) is 7.94. The van der Waals surface area contributed by atoms with E-state index in [1.807, 2.05) is 20.8 Å². The van der Waals surface area contributed by atoms with Crippen LogP contribution in [0.3, 0.4) is 0 Å². The SMILES string of the molecule is CCCCCCC#CCOC(=O)C(C)(C)C. The van der Waals surface area contributed by atoms with Gasteiger partial charge in [0.15, 0.2) is 6.61 Å². The molecule has 0 aliphatic carbocycles. The van der Waals surface area contributed by atoms with Gasteiger partial charge in [-0.3, -0.25) is 4.79 Å². The van der Waals surface area contributed by atoms with Crippen LogP contribution in [0.15, 0.2) is 0 Å². The summed E-state index contributed by atoms with van der Waals surface area (Å²) in [5, 5.41) is 0. The van der Waals surface area contributed by atoms with Gasteiger partial charge in [0.05, 0.1) is 5.41 Å². The van der Waals surface area contributed by atoms with Crippen LogP contribution >= 0.6 is 0 Å². The van der Waals surface area contributed by atoms with Gasteiger partial charge < -0.3 is 4.74 Å². The summed E-state index contributed by atoms with van der Waals surface area (Å²) in [6, 6.07) is 0. The zero-order valence-corrected chi connectivity index (χ0v) is 11.1. The highest BCUT2D eigenvalue weighted by atomic mass is 16.5. The quantitative estimate of drug-likeness (QED) is 0.405. The molecular weight excluding hydrogens is 200 g/mol. The molecule has 0 spiro atoms. The van der Waals surface area contributed by atoms with Crippen LogP contribution < -0.4 is 0 Å². The van der Waals surface area contributed by atoms with Crippen molar-refractivity contribution in [2.45, 2.75) is 59.8 Å². The Bertz CT molecular complexity index is 250. The van der Waals surface area contributed by atoms with E-state index in [9.17, 15) is 4.79 Å². The maximum Gasteiger partial charge on any atom is 0.312 e. The van der Waals surface area contributed by atoms with Gasteiger partial charge in [0.1, 0.15) is 0 Å². The highest BCUT2D eigenvalue weighted by molar-refractivity contribution is 5.75. The van der Waals surface area contributed by atoms with Crippen LogP contribution in [0, 0.1) is 17.3 Å². The molecule has 0 amide bonds. The molecule has 0 radical (unpaired) electrons. The van der Waals surface area contributed by atoms with Gasteiger partial charge >= 0.3 is 5.97 Å². The molecule has 0 aromatic carbocycles. The summed E-state index contributed by atoms with van der Waals surface area (Å²) >= 11 is 0. The van der Waals surface area contributed by atoms with Crippen LogP contribution in [0.2, 0.25) is 0 Å². The minimum absolute atomic E-state index is 0.187. The topological polar surface area (TPSA) is 26.3 Å². The lowest BCUT2D eigenvalue weighted by atomic mass is 9.97. The number of unbranched alkanes of at least 4 members (excludes halogenated alkanes) is 4. The Balaban J connectivity index is 3.52. The van der Waals surface area contributed by atoms with Gasteiger partial charge in [-0.1, -0.05) is 38.0 Å². The number of carbonyl (C=O) groups is 1. The molecule has 0 N–H and O–H groups in total. The lowest BCUT2D eigenvalue weighted by molar-refractivity contribution is -0.151. The summed E-state index contributed by atoms with van der Waals surface area (Å²) in [6.07, 6.45) is 5.82. The second-order valence-corrected chi connectivity index (χ2v) is 4.99. The van der Waals surface area contributed by atoms with Crippen molar-refractivity contribution in [1.82, 2.24) is 0 Å². The van der Waals surface area contributed by atoms with E-state index >= 15 is 0 Å². The second-order valence-electron chi connectivity index (χ2n) is 4.99. The molecule has 0 rings (SSSR count). The molecule has 2 nitrogen and oxygen atoms in total. The number of esters is 1. The fraction of sp³-hybridized carbons (Fsp3) is 0.786. The molecule has 0 atom stereocenters. The van der Waals surface area contributed by atoms with Crippen molar-refractivity contribution in [3.05, 3.63) is 0 Å². The lowest BCUT2D eigenvalue weighted by Crippen LogP contribution is -2.22. The summed E-state index contributed by atoms with van der Waals surface area (Å²) in [4.78, 5) is 11.3. The molecule has 0 aliphatic heterocycles. The molecular formula is C14H24O2. The molecule has 92 valence electrons. The van der Waals surface area contributed by atoms with Crippen molar-refractivity contribution in [2.24, 2.45) is 5.41 Å². The zero-order valence-electron chi connectivity index (χ0n) is 11.1. The maximum atomic E-state index is 11.3. The van der Waals surface area contributed by atoms with Crippen molar-refractivity contribution >= 4 is 5.97 Å². The predicted octanol–water partition coefficient (Wildman–Crippen LogP) is 3.55. The molecule has 0 heterocycles. The zero-order chi connectivity index (χ0) is 12.4. The Morgan fingerprint density at radius 2 is 1.81 bits per heavy atom. The maximum absolute atomic E-state index is 11.3. The third kappa shape index (κ3) is 8.35. The largest absolute Gasteiger partial charge is 0.452 e. The number of carbonyl (C=O) groups excluding carboxylic acids is 1. The van der Waals surface area contributed by atoms with Gasteiger partial charge in [-0.05, 0) is 27.2 Å². The van der Waals surface area contributed by atoms with E-state index in [-0.39, 0.29) is 12.6 Å². The van der Waals surface area contributed by atoms with Crippen LogP contribution in [0.1, 0.15) is 59.8 Å². The second kappa shape index (κ2) is 8.21. The highest BCUT2D eigenvalue weighted by Crippen LogP contribution is 2.14.